The maximum Gasteiger partial charge on any atom is 0.247 e. The number of carbonyl (C=O) groups is 1. The van der Waals surface area contributed by atoms with E-state index in [9.17, 15) is 4.79 Å². The number of nitrogen functional groups attached to an aromatic ring is 1. The van der Waals surface area contributed by atoms with Crippen molar-refractivity contribution in [2.75, 3.05) is 54.7 Å². The molecule has 186 valence electrons. The summed E-state index contributed by atoms with van der Waals surface area (Å²) >= 11 is 0. The highest BCUT2D eigenvalue weighted by molar-refractivity contribution is 6.00. The number of rotatable bonds is 8. The number of hydrogen-bond donors (Lipinski definition) is 4. The molecule has 1 aliphatic rings. The number of aromatic nitrogens is 2. The fourth-order valence-corrected chi connectivity index (χ4v) is 3.76. The van der Waals surface area contributed by atoms with Crippen LogP contribution in [0, 0.1) is 5.41 Å². The molecule has 1 aliphatic heterocycles. The fourth-order valence-electron chi connectivity index (χ4n) is 3.76. The lowest BCUT2D eigenvalue weighted by Crippen LogP contribution is -2.36. The maximum atomic E-state index is 11.8. The number of nitrogens with zero attached hydrogens (tertiary/aromatic N) is 3. The highest BCUT2D eigenvalue weighted by Gasteiger charge is 2.16. The topological polar surface area (TPSA) is 138 Å². The summed E-state index contributed by atoms with van der Waals surface area (Å²) in [5, 5.41) is 13.8. The van der Waals surface area contributed by atoms with Crippen molar-refractivity contribution in [1.82, 2.24) is 9.97 Å². The third kappa shape index (κ3) is 5.56. The van der Waals surface area contributed by atoms with Gasteiger partial charge in [0.25, 0.3) is 0 Å². The zero-order chi connectivity index (χ0) is 24.8. The van der Waals surface area contributed by atoms with E-state index in [0.717, 1.165) is 30.7 Å². The van der Waals surface area contributed by atoms with Crippen LogP contribution >= 0.6 is 0 Å². The predicted octanol–water partition coefficient (Wildman–Crippen LogP) is 4.17. The van der Waals surface area contributed by atoms with Crippen molar-refractivity contribution in [1.29, 1.82) is 5.41 Å². The van der Waals surface area contributed by atoms with Crippen LogP contribution in [-0.2, 0) is 9.53 Å². The fraction of sp³-hybridized carbons (Fsp3) is 0.200. The second-order valence-electron chi connectivity index (χ2n) is 7.76. The summed E-state index contributed by atoms with van der Waals surface area (Å²) in [6.45, 7) is 6.52. The number of hydrogen-bond acceptors (Lipinski definition) is 9. The minimum Gasteiger partial charge on any atom is -0.497 e. The zero-order valence-corrected chi connectivity index (χ0v) is 19.4. The number of morpholine rings is 1. The second-order valence-corrected chi connectivity index (χ2v) is 7.76. The highest BCUT2D eigenvalue weighted by atomic mass is 16.5. The molecule has 5 N–H and O–H groups in total. The number of benzene rings is 2. The lowest BCUT2D eigenvalue weighted by molar-refractivity contribution is -0.111. The van der Waals surface area contributed by atoms with Gasteiger partial charge in [-0.2, -0.15) is 4.98 Å². The molecule has 10 nitrogen and oxygen atoms in total. The van der Waals surface area contributed by atoms with E-state index < -0.39 is 0 Å². The Morgan fingerprint density at radius 3 is 2.74 bits per heavy atom. The Balaban J connectivity index is 0.00000241. The van der Waals surface area contributed by atoms with Gasteiger partial charge in [0.15, 0.2) is 0 Å². The summed E-state index contributed by atoms with van der Waals surface area (Å²) < 4.78 is 10.8. The molecule has 1 saturated heterocycles. The van der Waals surface area contributed by atoms with Gasteiger partial charge in [0.05, 0.1) is 31.6 Å². The van der Waals surface area contributed by atoms with E-state index in [2.05, 4.69) is 32.1 Å². The van der Waals surface area contributed by atoms with Crippen molar-refractivity contribution >= 4 is 41.0 Å². The molecule has 1 fully saturated rings. The van der Waals surface area contributed by atoms with E-state index in [1.807, 2.05) is 24.3 Å². The standard InChI is InChI=1S/C25H27N7O3.3H2/c1-3-22(33)28-18-11-16(12-20(14-18)34-2)23-21(15-26)24(27)31-25(30-23)29-17-5-4-6-19(13-17)32-7-9-35-10-8-32;;;/h3-6,11-15,26H,1,7-10H2,2H3,(H,28,33)(H3,27,29,30,31);3*1H. The number of ether oxygens (including phenoxy) is 2. The lowest BCUT2D eigenvalue weighted by Gasteiger charge is -2.29. The summed E-state index contributed by atoms with van der Waals surface area (Å²) in [4.78, 5) is 23.1. The van der Waals surface area contributed by atoms with Crippen LogP contribution in [0.15, 0.2) is 55.1 Å². The number of amides is 1. The van der Waals surface area contributed by atoms with E-state index in [1.54, 1.807) is 18.2 Å². The molecular weight excluding hydrogens is 446 g/mol. The molecule has 2 heterocycles. The molecule has 2 aromatic carbocycles. The molecule has 0 bridgehead atoms. The van der Waals surface area contributed by atoms with Crippen LogP contribution in [0.3, 0.4) is 0 Å². The minimum absolute atomic E-state index is 0. The van der Waals surface area contributed by atoms with Crippen LogP contribution in [0.4, 0.5) is 28.8 Å². The van der Waals surface area contributed by atoms with Gasteiger partial charge in [-0.3, -0.25) is 4.79 Å². The first kappa shape index (κ1) is 23.7. The van der Waals surface area contributed by atoms with Crippen LogP contribution in [0.25, 0.3) is 11.3 Å². The molecule has 4 rings (SSSR count). The summed E-state index contributed by atoms with van der Waals surface area (Å²) in [7, 11) is 1.53. The van der Waals surface area contributed by atoms with Crippen molar-refractivity contribution in [2.45, 2.75) is 0 Å². The molecule has 0 unspecified atom stereocenters. The van der Waals surface area contributed by atoms with E-state index >= 15 is 0 Å². The number of carbonyl (C=O) groups excluding carboxylic acids is 1. The van der Waals surface area contributed by atoms with Crippen LogP contribution in [0.5, 0.6) is 5.75 Å². The Morgan fingerprint density at radius 1 is 1.23 bits per heavy atom. The maximum absolute atomic E-state index is 11.8. The van der Waals surface area contributed by atoms with Crippen LogP contribution in [-0.4, -0.2) is 55.5 Å². The molecule has 0 atom stereocenters. The van der Waals surface area contributed by atoms with Crippen LogP contribution in [0.1, 0.15) is 9.84 Å². The van der Waals surface area contributed by atoms with Gasteiger partial charge < -0.3 is 36.2 Å². The van der Waals surface area contributed by atoms with Gasteiger partial charge in [0.2, 0.25) is 11.9 Å². The van der Waals surface area contributed by atoms with Gasteiger partial charge in [-0.25, -0.2) is 4.98 Å². The molecule has 10 heteroatoms. The lowest BCUT2D eigenvalue weighted by atomic mass is 10.1. The second kappa shape index (κ2) is 10.7. The monoisotopic (exact) mass is 479 g/mol. The minimum atomic E-state index is -0.360. The molecule has 1 amide bonds. The number of nitrogens with one attached hydrogen (secondary N) is 3. The highest BCUT2D eigenvalue weighted by Crippen LogP contribution is 2.32. The first-order chi connectivity index (χ1) is 17.0. The Labute approximate surface area is 207 Å². The smallest absolute Gasteiger partial charge is 0.247 e. The molecule has 0 aliphatic carbocycles. The normalized spacial score (nSPS) is 13.1. The Kier molecular flexibility index (Phi) is 7.22. The van der Waals surface area contributed by atoms with Crippen molar-refractivity contribution < 1.29 is 18.5 Å². The molecule has 1 aromatic heterocycles. The molecule has 0 spiro atoms. The number of anilines is 5. The number of nitrogens with two attached hydrogens (primary N) is 1. The van der Waals surface area contributed by atoms with Crippen molar-refractivity contribution in [3.05, 3.63) is 60.7 Å². The molecule has 3 aromatic rings. The summed E-state index contributed by atoms with van der Waals surface area (Å²) in [5.41, 5.74) is 9.93. The van der Waals surface area contributed by atoms with E-state index in [4.69, 9.17) is 20.6 Å². The van der Waals surface area contributed by atoms with E-state index in [0.29, 0.717) is 41.5 Å². The van der Waals surface area contributed by atoms with Gasteiger partial charge in [-0.05, 0) is 36.4 Å². The largest absolute Gasteiger partial charge is 0.497 e. The Bertz CT molecular complexity index is 1270. The first-order valence-corrected chi connectivity index (χ1v) is 11.0. The Morgan fingerprint density at radius 2 is 2.03 bits per heavy atom. The average Bonchev–Trinajstić information content (AvgIpc) is 2.88. The third-order valence-corrected chi connectivity index (χ3v) is 5.47. The Hall–Kier alpha value is -4.44. The van der Waals surface area contributed by atoms with Gasteiger partial charge in [0, 0.05) is 52.3 Å². The van der Waals surface area contributed by atoms with Crippen LogP contribution < -0.4 is 26.0 Å². The zero-order valence-electron chi connectivity index (χ0n) is 19.4. The van der Waals surface area contributed by atoms with E-state index in [-0.39, 0.29) is 22.0 Å². The molecule has 0 saturated carbocycles. The van der Waals surface area contributed by atoms with Crippen molar-refractivity contribution in [3.8, 4) is 17.0 Å². The molecular formula is C25H33N7O3. The third-order valence-electron chi connectivity index (χ3n) is 5.47. The number of methoxy groups -OCH3 is 1. The first-order valence-electron chi connectivity index (χ1n) is 11.0. The summed E-state index contributed by atoms with van der Waals surface area (Å²) in [5.74, 6) is 0.571. The average molecular weight is 480 g/mol. The summed E-state index contributed by atoms with van der Waals surface area (Å²) in [6, 6.07) is 13.1. The SMILES string of the molecule is C=CC(=O)Nc1cc(OC)cc(-c2nc(Nc3cccc(N4CCOCC4)c3)nc(N)c2C=N)c1.[HH].[HH].[HH]. The predicted molar refractivity (Wildman–Crippen MR) is 144 cm³/mol. The van der Waals surface area contributed by atoms with Crippen LogP contribution in [0.2, 0.25) is 0 Å². The van der Waals surface area contributed by atoms with Crippen molar-refractivity contribution in [2.24, 2.45) is 0 Å². The van der Waals surface area contributed by atoms with E-state index in [1.165, 1.54) is 13.2 Å². The van der Waals surface area contributed by atoms with Gasteiger partial charge in [-0.1, -0.05) is 12.6 Å². The van der Waals surface area contributed by atoms with Gasteiger partial charge >= 0.3 is 0 Å². The van der Waals surface area contributed by atoms with Crippen molar-refractivity contribution in [3.63, 3.8) is 0 Å². The molecule has 35 heavy (non-hydrogen) atoms. The van der Waals surface area contributed by atoms with Gasteiger partial charge in [0.1, 0.15) is 11.6 Å². The van der Waals surface area contributed by atoms with Gasteiger partial charge in [-0.15, -0.1) is 0 Å². The summed E-state index contributed by atoms with van der Waals surface area (Å²) in [6.07, 6.45) is 2.28. The molecule has 0 radical (unpaired) electrons. The quantitative estimate of drug-likeness (QED) is 0.279.